The average molecular weight is 268 g/mol. The number of aryl methyl sites for hydroxylation is 2. The van der Waals surface area contributed by atoms with Gasteiger partial charge in [-0.1, -0.05) is 32.0 Å². The van der Waals surface area contributed by atoms with Crippen LogP contribution < -0.4 is 5.32 Å². The summed E-state index contributed by atoms with van der Waals surface area (Å²) in [5.74, 6) is 0. The van der Waals surface area contributed by atoms with E-state index in [0.29, 0.717) is 12.1 Å². The van der Waals surface area contributed by atoms with E-state index in [9.17, 15) is 0 Å². The molecule has 0 bridgehead atoms. The molecule has 1 unspecified atom stereocenters. The lowest BCUT2D eigenvalue weighted by Gasteiger charge is -2.27. The van der Waals surface area contributed by atoms with Gasteiger partial charge in [0.25, 0.3) is 0 Å². The zero-order chi connectivity index (χ0) is 13.7. The van der Waals surface area contributed by atoms with E-state index in [1.165, 1.54) is 44.0 Å². The van der Waals surface area contributed by atoms with Crippen molar-refractivity contribution in [2.45, 2.75) is 64.6 Å². The number of hydrogen-bond acceptors (Lipinski definition) is 1. The summed E-state index contributed by atoms with van der Waals surface area (Å²) in [6, 6.07) is 8.17. The van der Waals surface area contributed by atoms with Crippen LogP contribution in [0.15, 0.2) is 18.2 Å². The Labute approximate surface area is 121 Å². The van der Waals surface area contributed by atoms with Crippen LogP contribution in [-0.2, 0) is 25.8 Å². The molecule has 106 valence electrons. The van der Waals surface area contributed by atoms with Gasteiger partial charge in [-0.25, -0.2) is 0 Å². The molecule has 1 aliphatic heterocycles. The van der Waals surface area contributed by atoms with Gasteiger partial charge in [-0.05, 0) is 43.2 Å². The molecule has 2 aliphatic rings. The molecular weight excluding hydrogens is 244 g/mol. The van der Waals surface area contributed by atoms with Crippen LogP contribution in [0.1, 0.15) is 43.5 Å². The van der Waals surface area contributed by atoms with Crippen molar-refractivity contribution in [3.8, 4) is 0 Å². The maximum Gasteiger partial charge on any atom is 0.0517 e. The fourth-order valence-corrected chi connectivity index (χ4v) is 4.27. The summed E-state index contributed by atoms with van der Waals surface area (Å²) in [6.07, 6.45) is 6.31. The van der Waals surface area contributed by atoms with Crippen LogP contribution in [0.5, 0.6) is 0 Å². The summed E-state index contributed by atoms with van der Waals surface area (Å²) >= 11 is 0. The molecule has 0 amide bonds. The highest BCUT2D eigenvalue weighted by Crippen LogP contribution is 2.36. The summed E-state index contributed by atoms with van der Waals surface area (Å²) in [6.45, 7) is 5.74. The van der Waals surface area contributed by atoms with Crippen molar-refractivity contribution >= 4 is 10.9 Å². The Morgan fingerprint density at radius 3 is 3.00 bits per heavy atom. The van der Waals surface area contributed by atoms with Gasteiger partial charge in [-0.3, -0.25) is 0 Å². The highest BCUT2D eigenvalue weighted by molar-refractivity contribution is 5.89. The third-order valence-corrected chi connectivity index (χ3v) is 4.97. The van der Waals surface area contributed by atoms with Crippen molar-refractivity contribution in [2.75, 3.05) is 0 Å². The van der Waals surface area contributed by atoms with Crippen LogP contribution in [-0.4, -0.2) is 16.7 Å². The Hall–Kier alpha value is -1.28. The second-order valence-corrected chi connectivity index (χ2v) is 6.75. The third-order valence-electron chi connectivity index (χ3n) is 4.97. The molecule has 2 heterocycles. The first kappa shape index (κ1) is 12.5. The maximum absolute atomic E-state index is 3.74. The molecule has 2 nitrogen and oxygen atoms in total. The van der Waals surface area contributed by atoms with E-state index in [0.717, 1.165) is 0 Å². The SMILES string of the molecule is CC(C)NC1CCc2c(c3cccc4c3n2CCC4)C1. The lowest BCUT2D eigenvalue weighted by Crippen LogP contribution is -2.39. The second kappa shape index (κ2) is 4.63. The van der Waals surface area contributed by atoms with Gasteiger partial charge in [0.15, 0.2) is 0 Å². The van der Waals surface area contributed by atoms with E-state index in [2.05, 4.69) is 41.9 Å². The fourth-order valence-electron chi connectivity index (χ4n) is 4.27. The van der Waals surface area contributed by atoms with Crippen LogP contribution in [0, 0.1) is 0 Å². The number of aromatic nitrogens is 1. The van der Waals surface area contributed by atoms with E-state index in [1.54, 1.807) is 22.3 Å². The number of rotatable bonds is 2. The summed E-state index contributed by atoms with van der Waals surface area (Å²) < 4.78 is 2.63. The van der Waals surface area contributed by atoms with Crippen LogP contribution in [0.2, 0.25) is 0 Å². The van der Waals surface area contributed by atoms with Gasteiger partial charge in [0.05, 0.1) is 5.52 Å². The number of hydrogen-bond donors (Lipinski definition) is 1. The highest BCUT2D eigenvalue weighted by atomic mass is 15.0. The first-order chi connectivity index (χ1) is 9.74. The summed E-state index contributed by atoms with van der Waals surface area (Å²) in [4.78, 5) is 0. The fraction of sp³-hybridized carbons (Fsp3) is 0.556. The number of nitrogens with zero attached hydrogens (tertiary/aromatic N) is 1. The number of fused-ring (bicyclic) bond motifs is 3. The molecular formula is C18H24N2. The molecule has 1 aromatic carbocycles. The molecule has 0 saturated heterocycles. The Morgan fingerprint density at radius 2 is 2.15 bits per heavy atom. The van der Waals surface area contributed by atoms with Crippen molar-refractivity contribution in [3.05, 3.63) is 35.0 Å². The molecule has 4 rings (SSSR count). The van der Waals surface area contributed by atoms with Crippen molar-refractivity contribution in [2.24, 2.45) is 0 Å². The topological polar surface area (TPSA) is 17.0 Å². The average Bonchev–Trinajstić information content (AvgIpc) is 2.75. The Balaban J connectivity index is 1.83. The molecule has 1 aliphatic carbocycles. The first-order valence-corrected chi connectivity index (χ1v) is 8.12. The van der Waals surface area contributed by atoms with Crippen molar-refractivity contribution in [3.63, 3.8) is 0 Å². The van der Waals surface area contributed by atoms with Gasteiger partial charge in [-0.15, -0.1) is 0 Å². The second-order valence-electron chi connectivity index (χ2n) is 6.75. The summed E-state index contributed by atoms with van der Waals surface area (Å²) in [5.41, 5.74) is 6.38. The molecule has 0 fully saturated rings. The van der Waals surface area contributed by atoms with Crippen molar-refractivity contribution in [1.29, 1.82) is 0 Å². The van der Waals surface area contributed by atoms with Gasteiger partial charge in [-0.2, -0.15) is 0 Å². The maximum atomic E-state index is 3.74. The van der Waals surface area contributed by atoms with Gasteiger partial charge in [0.2, 0.25) is 0 Å². The minimum atomic E-state index is 0.584. The monoisotopic (exact) mass is 268 g/mol. The number of para-hydroxylation sites is 1. The van der Waals surface area contributed by atoms with Gasteiger partial charge < -0.3 is 9.88 Å². The third kappa shape index (κ3) is 1.81. The van der Waals surface area contributed by atoms with E-state index in [4.69, 9.17) is 0 Å². The lowest BCUT2D eigenvalue weighted by atomic mass is 9.91. The number of nitrogens with one attached hydrogen (secondary N) is 1. The number of benzene rings is 1. The van der Waals surface area contributed by atoms with Crippen LogP contribution in [0.4, 0.5) is 0 Å². The quantitative estimate of drug-likeness (QED) is 0.883. The summed E-state index contributed by atoms with van der Waals surface area (Å²) in [7, 11) is 0. The first-order valence-electron chi connectivity index (χ1n) is 8.12. The zero-order valence-corrected chi connectivity index (χ0v) is 12.6. The molecule has 2 aromatic rings. The largest absolute Gasteiger partial charge is 0.344 e. The Morgan fingerprint density at radius 1 is 1.25 bits per heavy atom. The van der Waals surface area contributed by atoms with Gasteiger partial charge >= 0.3 is 0 Å². The van der Waals surface area contributed by atoms with Crippen LogP contribution in [0.3, 0.4) is 0 Å². The van der Waals surface area contributed by atoms with E-state index >= 15 is 0 Å². The molecule has 0 spiro atoms. The van der Waals surface area contributed by atoms with E-state index < -0.39 is 0 Å². The minimum Gasteiger partial charge on any atom is -0.344 e. The standard InChI is InChI=1S/C18H24N2/c1-12(2)19-14-8-9-17-16(11-14)15-7-3-5-13-6-4-10-20(17)18(13)15/h3,5,7,12,14,19H,4,6,8-11H2,1-2H3. The van der Waals surface area contributed by atoms with E-state index in [1.807, 2.05) is 0 Å². The van der Waals surface area contributed by atoms with Crippen LogP contribution >= 0.6 is 0 Å². The normalized spacial score (nSPS) is 21.4. The Kier molecular flexibility index (Phi) is 2.88. The van der Waals surface area contributed by atoms with Gasteiger partial charge in [0.1, 0.15) is 0 Å². The zero-order valence-electron chi connectivity index (χ0n) is 12.6. The molecule has 1 atom stereocenters. The molecule has 0 radical (unpaired) electrons. The van der Waals surface area contributed by atoms with Gasteiger partial charge in [0, 0.05) is 29.7 Å². The smallest absolute Gasteiger partial charge is 0.0517 e. The predicted octanol–water partition coefficient (Wildman–Crippen LogP) is 3.44. The minimum absolute atomic E-state index is 0.584. The highest BCUT2D eigenvalue weighted by Gasteiger charge is 2.27. The molecule has 1 aromatic heterocycles. The van der Waals surface area contributed by atoms with E-state index in [-0.39, 0.29) is 0 Å². The summed E-state index contributed by atoms with van der Waals surface area (Å²) in [5, 5.41) is 5.27. The molecule has 20 heavy (non-hydrogen) atoms. The van der Waals surface area contributed by atoms with Crippen LogP contribution in [0.25, 0.3) is 10.9 Å². The molecule has 0 saturated carbocycles. The lowest BCUT2D eigenvalue weighted by molar-refractivity contribution is 0.414. The van der Waals surface area contributed by atoms with Crippen molar-refractivity contribution in [1.82, 2.24) is 9.88 Å². The molecule has 2 heteroatoms. The van der Waals surface area contributed by atoms with Crippen molar-refractivity contribution < 1.29 is 0 Å². The predicted molar refractivity (Wildman–Crippen MR) is 84.3 cm³/mol. The Bertz CT molecular complexity index is 651. The molecule has 1 N–H and O–H groups in total.